The molecule has 0 radical (unpaired) electrons. The molecule has 2 aromatic rings. The van der Waals surface area contributed by atoms with Gasteiger partial charge in [-0.05, 0) is 41.1 Å². The SMILES string of the molecule is CC(c1ccccc1F)N(C)C(=O)c1cccc(F)c1Br. The van der Waals surface area contributed by atoms with E-state index in [0.717, 1.165) is 0 Å². The van der Waals surface area contributed by atoms with Gasteiger partial charge in [-0.15, -0.1) is 0 Å². The highest BCUT2D eigenvalue weighted by molar-refractivity contribution is 9.10. The Bertz CT molecular complexity index is 675. The molecule has 0 spiro atoms. The zero-order chi connectivity index (χ0) is 15.6. The van der Waals surface area contributed by atoms with Gasteiger partial charge < -0.3 is 4.90 Å². The highest BCUT2D eigenvalue weighted by Gasteiger charge is 2.23. The highest BCUT2D eigenvalue weighted by atomic mass is 79.9. The van der Waals surface area contributed by atoms with Crippen LogP contribution in [0, 0.1) is 11.6 Å². The molecule has 0 aliphatic carbocycles. The van der Waals surface area contributed by atoms with Gasteiger partial charge in [-0.1, -0.05) is 24.3 Å². The highest BCUT2D eigenvalue weighted by Crippen LogP contribution is 2.26. The molecule has 1 amide bonds. The van der Waals surface area contributed by atoms with Crippen molar-refractivity contribution in [1.82, 2.24) is 4.90 Å². The number of amides is 1. The molecule has 110 valence electrons. The summed E-state index contributed by atoms with van der Waals surface area (Å²) in [6.45, 7) is 1.73. The number of carbonyl (C=O) groups is 1. The fraction of sp³-hybridized carbons (Fsp3) is 0.188. The van der Waals surface area contributed by atoms with Gasteiger partial charge in [-0.3, -0.25) is 4.79 Å². The topological polar surface area (TPSA) is 20.3 Å². The lowest BCUT2D eigenvalue weighted by Crippen LogP contribution is -2.30. The lowest BCUT2D eigenvalue weighted by Gasteiger charge is -2.26. The van der Waals surface area contributed by atoms with Gasteiger partial charge in [0.1, 0.15) is 11.6 Å². The fourth-order valence-corrected chi connectivity index (χ4v) is 2.49. The van der Waals surface area contributed by atoms with Crippen LogP contribution in [-0.2, 0) is 0 Å². The third-order valence-electron chi connectivity index (χ3n) is 3.44. The van der Waals surface area contributed by atoms with Crippen molar-refractivity contribution in [2.24, 2.45) is 0 Å². The summed E-state index contributed by atoms with van der Waals surface area (Å²) in [5.41, 5.74) is 0.626. The molecule has 1 unspecified atom stereocenters. The second-order valence-corrected chi connectivity index (χ2v) is 5.51. The second kappa shape index (κ2) is 6.35. The van der Waals surface area contributed by atoms with E-state index in [1.54, 1.807) is 32.2 Å². The summed E-state index contributed by atoms with van der Waals surface area (Å²) < 4.78 is 27.4. The molecule has 0 bridgehead atoms. The molecule has 2 aromatic carbocycles. The number of benzene rings is 2. The van der Waals surface area contributed by atoms with Crippen LogP contribution in [-0.4, -0.2) is 17.9 Å². The predicted octanol–water partition coefficient (Wildman–Crippen LogP) is 4.56. The molecule has 0 saturated carbocycles. The minimum atomic E-state index is -0.507. The fourth-order valence-electron chi connectivity index (χ4n) is 2.06. The van der Waals surface area contributed by atoms with Crippen molar-refractivity contribution in [2.45, 2.75) is 13.0 Å². The first-order chi connectivity index (χ1) is 9.93. The lowest BCUT2D eigenvalue weighted by molar-refractivity contribution is 0.0739. The van der Waals surface area contributed by atoms with E-state index in [1.807, 2.05) is 0 Å². The van der Waals surface area contributed by atoms with Gasteiger partial charge in [0.15, 0.2) is 0 Å². The van der Waals surface area contributed by atoms with Gasteiger partial charge in [0, 0.05) is 12.6 Å². The molecular weight excluding hydrogens is 340 g/mol. The Morgan fingerprint density at radius 1 is 1.10 bits per heavy atom. The van der Waals surface area contributed by atoms with Crippen molar-refractivity contribution < 1.29 is 13.6 Å². The van der Waals surface area contributed by atoms with Crippen molar-refractivity contribution >= 4 is 21.8 Å². The maximum absolute atomic E-state index is 13.8. The maximum atomic E-state index is 13.8. The molecule has 0 aliphatic heterocycles. The Labute approximate surface area is 130 Å². The van der Waals surface area contributed by atoms with Crippen LogP contribution in [0.2, 0.25) is 0 Å². The van der Waals surface area contributed by atoms with Crippen LogP contribution in [0.5, 0.6) is 0 Å². The van der Waals surface area contributed by atoms with E-state index in [0.29, 0.717) is 5.56 Å². The van der Waals surface area contributed by atoms with E-state index in [4.69, 9.17) is 0 Å². The molecule has 0 aliphatic rings. The summed E-state index contributed by atoms with van der Waals surface area (Å²) in [4.78, 5) is 13.8. The number of halogens is 3. The zero-order valence-electron chi connectivity index (χ0n) is 11.6. The normalized spacial score (nSPS) is 12.0. The summed E-state index contributed by atoms with van der Waals surface area (Å²) in [7, 11) is 1.57. The Kier molecular flexibility index (Phi) is 4.73. The molecule has 1 atom stereocenters. The zero-order valence-corrected chi connectivity index (χ0v) is 13.2. The lowest BCUT2D eigenvalue weighted by atomic mass is 10.1. The van der Waals surface area contributed by atoms with Gasteiger partial charge in [0.25, 0.3) is 5.91 Å². The predicted molar refractivity (Wildman–Crippen MR) is 81.0 cm³/mol. The largest absolute Gasteiger partial charge is 0.335 e. The minimum Gasteiger partial charge on any atom is -0.335 e. The van der Waals surface area contributed by atoms with E-state index in [9.17, 15) is 13.6 Å². The number of hydrogen-bond acceptors (Lipinski definition) is 1. The first-order valence-electron chi connectivity index (χ1n) is 6.39. The molecule has 2 nitrogen and oxygen atoms in total. The average Bonchev–Trinajstić information content (AvgIpc) is 2.48. The smallest absolute Gasteiger partial charge is 0.255 e. The molecule has 21 heavy (non-hydrogen) atoms. The average molecular weight is 354 g/mol. The van der Waals surface area contributed by atoms with Crippen LogP contribution in [0.1, 0.15) is 28.9 Å². The summed E-state index contributed by atoms with van der Waals surface area (Å²) in [5.74, 6) is -1.26. The minimum absolute atomic E-state index is 0.114. The van der Waals surface area contributed by atoms with Crippen LogP contribution in [0.15, 0.2) is 46.9 Å². The first kappa shape index (κ1) is 15.6. The summed E-state index contributed by atoms with van der Waals surface area (Å²) in [6.07, 6.45) is 0. The van der Waals surface area contributed by atoms with Crippen LogP contribution in [0.4, 0.5) is 8.78 Å². The Hall–Kier alpha value is -1.75. The van der Waals surface area contributed by atoms with Crippen molar-refractivity contribution in [3.8, 4) is 0 Å². The van der Waals surface area contributed by atoms with Crippen LogP contribution >= 0.6 is 15.9 Å². The van der Waals surface area contributed by atoms with E-state index >= 15 is 0 Å². The van der Waals surface area contributed by atoms with E-state index in [-0.39, 0.29) is 21.8 Å². The van der Waals surface area contributed by atoms with E-state index < -0.39 is 11.9 Å². The van der Waals surface area contributed by atoms with Crippen LogP contribution < -0.4 is 0 Å². The quantitative estimate of drug-likeness (QED) is 0.791. The number of hydrogen-bond donors (Lipinski definition) is 0. The van der Waals surface area contributed by atoms with Gasteiger partial charge in [0.05, 0.1) is 16.1 Å². The maximum Gasteiger partial charge on any atom is 0.255 e. The number of carbonyl (C=O) groups excluding carboxylic acids is 1. The molecule has 0 N–H and O–H groups in total. The third kappa shape index (κ3) is 3.13. The van der Waals surface area contributed by atoms with Gasteiger partial charge >= 0.3 is 0 Å². The van der Waals surface area contributed by atoms with Crippen molar-refractivity contribution in [1.29, 1.82) is 0 Å². The third-order valence-corrected chi connectivity index (χ3v) is 4.24. The summed E-state index contributed by atoms with van der Waals surface area (Å²) in [5, 5.41) is 0. The van der Waals surface area contributed by atoms with Gasteiger partial charge in [-0.2, -0.15) is 0 Å². The van der Waals surface area contributed by atoms with E-state index in [1.165, 1.54) is 29.2 Å². The molecule has 5 heteroatoms. The molecule has 0 saturated heterocycles. The second-order valence-electron chi connectivity index (χ2n) is 4.71. The van der Waals surface area contributed by atoms with Crippen molar-refractivity contribution in [2.75, 3.05) is 7.05 Å². The molecule has 0 heterocycles. The monoisotopic (exact) mass is 353 g/mol. The number of nitrogens with zero attached hydrogens (tertiary/aromatic N) is 1. The standard InChI is InChI=1S/C16H14BrF2NO/c1-10(11-6-3-4-8-13(11)18)20(2)16(21)12-7-5-9-14(19)15(12)17/h3-10H,1-2H3. The Balaban J connectivity index is 2.31. The number of rotatable bonds is 3. The van der Waals surface area contributed by atoms with Crippen LogP contribution in [0.25, 0.3) is 0 Å². The Morgan fingerprint density at radius 2 is 1.71 bits per heavy atom. The molecular formula is C16H14BrF2NO. The van der Waals surface area contributed by atoms with E-state index in [2.05, 4.69) is 15.9 Å². The molecule has 2 rings (SSSR count). The first-order valence-corrected chi connectivity index (χ1v) is 7.18. The summed E-state index contributed by atoms with van der Waals surface area (Å²) >= 11 is 3.07. The van der Waals surface area contributed by atoms with Gasteiger partial charge in [-0.25, -0.2) is 8.78 Å². The van der Waals surface area contributed by atoms with Crippen LogP contribution in [0.3, 0.4) is 0 Å². The molecule has 0 fully saturated rings. The van der Waals surface area contributed by atoms with Gasteiger partial charge in [0.2, 0.25) is 0 Å². The van der Waals surface area contributed by atoms with Crippen molar-refractivity contribution in [3.63, 3.8) is 0 Å². The summed E-state index contributed by atoms with van der Waals surface area (Å²) in [6, 6.07) is 10.1. The Morgan fingerprint density at radius 3 is 2.38 bits per heavy atom. The molecule has 0 aromatic heterocycles. The van der Waals surface area contributed by atoms with Crippen molar-refractivity contribution in [3.05, 3.63) is 69.7 Å².